The predicted molar refractivity (Wildman–Crippen MR) is 121 cm³/mol. The van der Waals surface area contributed by atoms with Gasteiger partial charge in [-0.25, -0.2) is 18.4 Å². The lowest BCUT2D eigenvalue weighted by atomic mass is 10.2. The molecule has 0 aliphatic carbocycles. The standard InChI is InChI=1S/C20H21N5O4S2/c1-25-16-7-4-12(18(26)21-8-9-29-2)10-15(16)22-19(25)24-20-23-14-6-5-13(31(3,27)28)11-17(14)30-20/h4-7,10-11H,8-9H2,1-3H3,(H,21,26)(H,22,23,24). The van der Waals surface area contributed by atoms with E-state index in [1.165, 1.54) is 17.6 Å². The summed E-state index contributed by atoms with van der Waals surface area (Å²) in [6.07, 6.45) is 1.18. The van der Waals surface area contributed by atoms with Crippen LogP contribution in [0.15, 0.2) is 41.3 Å². The summed E-state index contributed by atoms with van der Waals surface area (Å²) in [7, 11) is 0.162. The Morgan fingerprint density at radius 3 is 2.71 bits per heavy atom. The lowest BCUT2D eigenvalue weighted by Crippen LogP contribution is -2.26. The maximum atomic E-state index is 12.3. The van der Waals surface area contributed by atoms with Gasteiger partial charge in [0.2, 0.25) is 5.95 Å². The molecule has 0 radical (unpaired) electrons. The van der Waals surface area contributed by atoms with Gasteiger partial charge in [0.1, 0.15) is 0 Å². The van der Waals surface area contributed by atoms with Crippen molar-refractivity contribution in [3.8, 4) is 0 Å². The minimum Gasteiger partial charge on any atom is -0.383 e. The van der Waals surface area contributed by atoms with Crippen molar-refractivity contribution in [3.63, 3.8) is 0 Å². The van der Waals surface area contributed by atoms with E-state index in [4.69, 9.17) is 4.74 Å². The monoisotopic (exact) mass is 459 g/mol. The summed E-state index contributed by atoms with van der Waals surface area (Å²) >= 11 is 1.34. The first kappa shape index (κ1) is 21.2. The van der Waals surface area contributed by atoms with Crippen molar-refractivity contribution >= 4 is 59.4 Å². The number of methoxy groups -OCH3 is 1. The van der Waals surface area contributed by atoms with Gasteiger partial charge in [-0.15, -0.1) is 0 Å². The molecular weight excluding hydrogens is 438 g/mol. The second kappa shape index (κ2) is 8.25. The second-order valence-corrected chi connectivity index (χ2v) is 10.0. The molecule has 2 aromatic carbocycles. The maximum absolute atomic E-state index is 12.3. The summed E-state index contributed by atoms with van der Waals surface area (Å²) < 4.78 is 31.2. The fourth-order valence-corrected chi connectivity index (χ4v) is 4.73. The predicted octanol–water partition coefficient (Wildman–Crippen LogP) is 2.71. The Hall–Kier alpha value is -3.02. The molecule has 4 aromatic rings. The summed E-state index contributed by atoms with van der Waals surface area (Å²) in [5.74, 6) is 0.376. The third-order valence-electron chi connectivity index (χ3n) is 4.74. The summed E-state index contributed by atoms with van der Waals surface area (Å²) in [6, 6.07) is 10.2. The third-order valence-corrected chi connectivity index (χ3v) is 6.79. The highest BCUT2D eigenvalue weighted by Crippen LogP contribution is 2.31. The van der Waals surface area contributed by atoms with Gasteiger partial charge in [-0.3, -0.25) is 4.79 Å². The molecule has 162 valence electrons. The van der Waals surface area contributed by atoms with Gasteiger partial charge in [0.25, 0.3) is 5.91 Å². The minimum absolute atomic E-state index is 0.188. The van der Waals surface area contributed by atoms with E-state index < -0.39 is 9.84 Å². The molecule has 2 N–H and O–H groups in total. The zero-order chi connectivity index (χ0) is 22.2. The molecule has 0 saturated heterocycles. The lowest BCUT2D eigenvalue weighted by molar-refractivity contribution is 0.0937. The van der Waals surface area contributed by atoms with Crippen LogP contribution in [-0.4, -0.2) is 55.4 Å². The Bertz CT molecular complexity index is 1390. The molecule has 0 fully saturated rings. The van der Waals surface area contributed by atoms with Crippen LogP contribution in [0.5, 0.6) is 0 Å². The molecule has 9 nitrogen and oxygen atoms in total. The van der Waals surface area contributed by atoms with Crippen molar-refractivity contribution < 1.29 is 17.9 Å². The van der Waals surface area contributed by atoms with Crippen LogP contribution in [0, 0.1) is 0 Å². The zero-order valence-electron chi connectivity index (χ0n) is 17.2. The Morgan fingerprint density at radius 1 is 1.16 bits per heavy atom. The number of ether oxygens (including phenoxy) is 1. The number of anilines is 2. The quantitative estimate of drug-likeness (QED) is 0.408. The Morgan fingerprint density at radius 2 is 1.97 bits per heavy atom. The molecule has 1 amide bonds. The molecule has 0 aliphatic heterocycles. The first-order valence-corrected chi connectivity index (χ1v) is 12.1. The van der Waals surface area contributed by atoms with Crippen molar-refractivity contribution in [2.45, 2.75) is 4.90 Å². The zero-order valence-corrected chi connectivity index (χ0v) is 18.8. The Labute approximate surface area is 183 Å². The molecule has 31 heavy (non-hydrogen) atoms. The van der Waals surface area contributed by atoms with Crippen LogP contribution in [0.4, 0.5) is 11.1 Å². The summed E-state index contributed by atoms with van der Waals surface area (Å²) in [5, 5.41) is 6.58. The minimum atomic E-state index is -3.28. The van der Waals surface area contributed by atoms with Gasteiger partial charge in [0.05, 0.1) is 32.8 Å². The van der Waals surface area contributed by atoms with Crippen LogP contribution >= 0.6 is 11.3 Å². The van der Waals surface area contributed by atoms with E-state index in [0.29, 0.717) is 40.8 Å². The molecule has 0 spiro atoms. The summed E-state index contributed by atoms with van der Waals surface area (Å²) in [5.41, 5.74) is 2.75. The molecule has 4 rings (SSSR count). The van der Waals surface area contributed by atoms with Crippen molar-refractivity contribution in [3.05, 3.63) is 42.0 Å². The van der Waals surface area contributed by atoms with E-state index >= 15 is 0 Å². The highest BCUT2D eigenvalue weighted by atomic mass is 32.2. The number of sulfone groups is 1. The third kappa shape index (κ3) is 4.38. The van der Waals surface area contributed by atoms with Crippen molar-refractivity contribution in [1.82, 2.24) is 19.9 Å². The molecule has 0 aliphatic rings. The molecule has 2 aromatic heterocycles. The number of hydrogen-bond donors (Lipinski definition) is 2. The van der Waals surface area contributed by atoms with E-state index in [1.807, 2.05) is 17.7 Å². The summed E-state index contributed by atoms with van der Waals surface area (Å²) in [4.78, 5) is 21.6. The SMILES string of the molecule is COCCNC(=O)c1ccc2c(c1)nc(Nc1nc3ccc(S(C)(=O)=O)cc3s1)n2C. The number of carbonyl (C=O) groups is 1. The Balaban J connectivity index is 1.61. The fourth-order valence-electron chi connectivity index (χ4n) is 3.11. The number of carbonyl (C=O) groups excluding carboxylic acids is 1. The summed E-state index contributed by atoms with van der Waals surface area (Å²) in [6.45, 7) is 0.876. The maximum Gasteiger partial charge on any atom is 0.251 e. The number of hydrogen-bond acceptors (Lipinski definition) is 8. The van der Waals surface area contributed by atoms with Gasteiger partial charge in [-0.05, 0) is 36.4 Å². The number of aryl methyl sites for hydroxylation is 1. The molecular formula is C20H21N5O4S2. The average molecular weight is 460 g/mol. The topological polar surface area (TPSA) is 115 Å². The molecule has 11 heteroatoms. The number of fused-ring (bicyclic) bond motifs is 2. The van der Waals surface area contributed by atoms with Crippen LogP contribution in [0.3, 0.4) is 0 Å². The normalized spacial score (nSPS) is 11.8. The van der Waals surface area contributed by atoms with Crippen LogP contribution in [0.25, 0.3) is 21.3 Å². The number of benzene rings is 2. The number of aromatic nitrogens is 3. The first-order chi connectivity index (χ1) is 14.8. The second-order valence-electron chi connectivity index (χ2n) is 6.99. The molecule has 0 atom stereocenters. The molecule has 0 saturated carbocycles. The van der Waals surface area contributed by atoms with Gasteiger partial charge in [0.15, 0.2) is 15.0 Å². The lowest BCUT2D eigenvalue weighted by Gasteiger charge is -2.04. The average Bonchev–Trinajstić information content (AvgIpc) is 3.27. The number of imidazole rings is 1. The van der Waals surface area contributed by atoms with Crippen molar-refractivity contribution in [1.29, 1.82) is 0 Å². The highest BCUT2D eigenvalue weighted by Gasteiger charge is 2.14. The number of amides is 1. The first-order valence-electron chi connectivity index (χ1n) is 9.37. The van der Waals surface area contributed by atoms with E-state index in [2.05, 4.69) is 20.6 Å². The van der Waals surface area contributed by atoms with E-state index in [-0.39, 0.29) is 10.8 Å². The van der Waals surface area contributed by atoms with Crippen LogP contribution < -0.4 is 10.6 Å². The number of nitrogens with one attached hydrogen (secondary N) is 2. The van der Waals surface area contributed by atoms with Crippen LogP contribution in [-0.2, 0) is 21.6 Å². The van der Waals surface area contributed by atoms with Gasteiger partial charge < -0.3 is 19.9 Å². The number of thiazole rings is 1. The van der Waals surface area contributed by atoms with E-state index in [1.54, 1.807) is 37.4 Å². The molecule has 0 unspecified atom stereocenters. The van der Waals surface area contributed by atoms with Crippen molar-refractivity contribution in [2.24, 2.45) is 7.05 Å². The molecule has 0 bridgehead atoms. The fraction of sp³-hybridized carbons (Fsp3) is 0.250. The Kier molecular flexibility index (Phi) is 5.65. The van der Waals surface area contributed by atoms with Gasteiger partial charge in [-0.2, -0.15) is 0 Å². The molecule has 2 heterocycles. The largest absolute Gasteiger partial charge is 0.383 e. The number of rotatable bonds is 7. The van der Waals surface area contributed by atoms with Gasteiger partial charge in [-0.1, -0.05) is 11.3 Å². The van der Waals surface area contributed by atoms with E-state index in [0.717, 1.165) is 10.2 Å². The van der Waals surface area contributed by atoms with E-state index in [9.17, 15) is 13.2 Å². The van der Waals surface area contributed by atoms with Crippen molar-refractivity contribution in [2.75, 3.05) is 31.8 Å². The van der Waals surface area contributed by atoms with Crippen LogP contribution in [0.1, 0.15) is 10.4 Å². The van der Waals surface area contributed by atoms with Crippen LogP contribution in [0.2, 0.25) is 0 Å². The highest BCUT2D eigenvalue weighted by molar-refractivity contribution is 7.90. The number of nitrogens with zero attached hydrogens (tertiary/aromatic N) is 3. The van der Waals surface area contributed by atoms with Gasteiger partial charge >= 0.3 is 0 Å². The smallest absolute Gasteiger partial charge is 0.251 e. The van der Waals surface area contributed by atoms with Gasteiger partial charge in [0, 0.05) is 32.5 Å².